The first-order valence-corrected chi connectivity index (χ1v) is 25.1. The van der Waals surface area contributed by atoms with Crippen molar-refractivity contribution in [3.8, 4) is 22.1 Å². The molecule has 3 aromatic carbocycles. The fourth-order valence-electron chi connectivity index (χ4n) is 9.95. The van der Waals surface area contributed by atoms with Gasteiger partial charge in [0.1, 0.15) is 41.7 Å². The first-order chi connectivity index (χ1) is 33.7. The molecule has 0 saturated carbocycles. The maximum absolute atomic E-state index is 16.3. The number of aryl methyl sites for hydroxylation is 1. The molecule has 4 heterocycles. The number of β-amino-alcohol motifs (C(OH)–C–C–N with tert-alkyl or cyclic N) is 1. The molecule has 2 aromatic heterocycles. The number of aromatic nitrogens is 2. The Morgan fingerprint density at radius 3 is 2.39 bits per heavy atom. The highest BCUT2D eigenvalue weighted by Gasteiger charge is 2.45. The Labute approximate surface area is 417 Å². The Morgan fingerprint density at radius 2 is 1.70 bits per heavy atom. The van der Waals surface area contributed by atoms with Crippen LogP contribution >= 0.6 is 11.3 Å². The molecule has 12 nitrogen and oxygen atoms in total. The van der Waals surface area contributed by atoms with E-state index in [1.807, 2.05) is 88.0 Å². The minimum absolute atomic E-state index is 0.000703. The highest BCUT2D eigenvalue weighted by molar-refractivity contribution is 7.13. The molecule has 0 unspecified atom stereocenters. The first kappa shape index (κ1) is 51.3. The lowest BCUT2D eigenvalue weighted by molar-refractivity contribution is -0.144. The second kappa shape index (κ2) is 21.3. The number of aliphatic hydroxyl groups is 1. The van der Waals surface area contributed by atoms with E-state index >= 15 is 13.2 Å². The zero-order valence-electron chi connectivity index (χ0n) is 41.4. The van der Waals surface area contributed by atoms with Crippen LogP contribution in [0.3, 0.4) is 0 Å². The second-order valence-corrected chi connectivity index (χ2v) is 21.5. The number of thiazole rings is 1. The molecular weight excluding hydrogens is 930 g/mol. The topological polar surface area (TPSA) is 146 Å². The number of aliphatic hydroxyl groups excluding tert-OH is 1. The van der Waals surface area contributed by atoms with Gasteiger partial charge in [0.25, 0.3) is 0 Å². The summed E-state index contributed by atoms with van der Waals surface area (Å²) in [5.74, 6) is -2.57. The number of hydrogen-bond donors (Lipinski definition) is 3. The molecule has 5 aromatic rings. The fraction of sp³-hybridized carbons (Fsp3) is 0.436. The number of nitrogens with zero attached hydrogens (tertiary/aromatic N) is 4. The van der Waals surface area contributed by atoms with E-state index in [4.69, 9.17) is 9.47 Å². The summed E-state index contributed by atoms with van der Waals surface area (Å²) in [5, 5.41) is 16.4. The average molecular weight is 993 g/mol. The molecule has 16 heteroatoms. The summed E-state index contributed by atoms with van der Waals surface area (Å²) in [6.45, 7) is 12.6. The van der Waals surface area contributed by atoms with Gasteiger partial charge in [-0.1, -0.05) is 75.4 Å². The lowest BCUT2D eigenvalue weighted by atomic mass is 9.84. The van der Waals surface area contributed by atoms with Gasteiger partial charge in [0.2, 0.25) is 23.6 Å². The summed E-state index contributed by atoms with van der Waals surface area (Å²) in [7, 11) is 0. The Bertz CT molecular complexity index is 2760. The first-order valence-electron chi connectivity index (χ1n) is 24.2. The maximum atomic E-state index is 16.3. The minimum Gasteiger partial charge on any atom is -0.487 e. The molecule has 1 fully saturated rings. The van der Waals surface area contributed by atoms with Crippen LogP contribution in [0.4, 0.5) is 13.2 Å². The molecule has 0 spiro atoms. The monoisotopic (exact) mass is 992 g/mol. The SMILES string of the molecule is Cc1ncsc1-c1ccc(CNC(=O)[C@@H]2C[C@@H](O)CN2C(=O)[C@@H](NC(=O)CCCOc2cccc(COc3cc(F)c([C@@H]4C5=C(C[C@@H](C)N4CC(C)(C)F)c4ccccc4C5)c(F)c3)n2)C(C)(C)C)cc1. The van der Waals surface area contributed by atoms with Gasteiger partial charge in [-0.05, 0) is 91.8 Å². The molecule has 3 N–H and O–H groups in total. The number of ether oxygens (including phenoxy) is 2. The van der Waals surface area contributed by atoms with E-state index in [-0.39, 0.29) is 87.2 Å². The Balaban J connectivity index is 0.835. The third-order valence-corrected chi connectivity index (χ3v) is 14.4. The van der Waals surface area contributed by atoms with E-state index in [0.717, 1.165) is 44.0 Å². The summed E-state index contributed by atoms with van der Waals surface area (Å²) < 4.78 is 59.6. The van der Waals surface area contributed by atoms with Gasteiger partial charge in [-0.2, -0.15) is 0 Å². The van der Waals surface area contributed by atoms with Crippen molar-refractivity contribution in [3.05, 3.63) is 135 Å². The van der Waals surface area contributed by atoms with Crippen molar-refractivity contribution in [1.29, 1.82) is 0 Å². The predicted octanol–water partition coefficient (Wildman–Crippen LogP) is 9.23. The van der Waals surface area contributed by atoms with Crippen molar-refractivity contribution in [3.63, 3.8) is 0 Å². The summed E-state index contributed by atoms with van der Waals surface area (Å²) in [4.78, 5) is 54.1. The summed E-state index contributed by atoms with van der Waals surface area (Å²) in [5.41, 5.74) is 6.77. The van der Waals surface area contributed by atoms with Crippen LogP contribution in [0.15, 0.2) is 89.9 Å². The van der Waals surface area contributed by atoms with E-state index in [0.29, 0.717) is 18.5 Å². The van der Waals surface area contributed by atoms with Gasteiger partial charge < -0.3 is 30.1 Å². The Kier molecular flexibility index (Phi) is 15.4. The van der Waals surface area contributed by atoms with Crippen molar-refractivity contribution in [2.45, 2.75) is 130 Å². The predicted molar refractivity (Wildman–Crippen MR) is 267 cm³/mol. The lowest BCUT2D eigenvalue weighted by Gasteiger charge is -2.44. The average Bonchev–Trinajstić information content (AvgIpc) is 4.04. The third kappa shape index (κ3) is 12.0. The Hall–Kier alpha value is -6.10. The van der Waals surface area contributed by atoms with Crippen LogP contribution in [-0.4, -0.2) is 92.2 Å². The number of benzene rings is 3. The quantitative estimate of drug-likeness (QED) is 0.0777. The number of halogens is 3. The molecule has 376 valence electrons. The molecule has 5 atom stereocenters. The molecule has 1 saturated heterocycles. The largest absolute Gasteiger partial charge is 0.487 e. The number of rotatable bonds is 17. The van der Waals surface area contributed by atoms with Gasteiger partial charge in [-0.25, -0.2) is 23.1 Å². The van der Waals surface area contributed by atoms with E-state index in [2.05, 4.69) is 20.6 Å². The van der Waals surface area contributed by atoms with Crippen LogP contribution in [0.25, 0.3) is 16.0 Å². The number of amides is 3. The number of alkyl halides is 1. The molecule has 1 aliphatic carbocycles. The summed E-state index contributed by atoms with van der Waals surface area (Å²) in [6.07, 6.45) is 0.667. The Morgan fingerprint density at radius 1 is 0.972 bits per heavy atom. The van der Waals surface area contributed by atoms with Crippen molar-refractivity contribution >= 4 is 34.6 Å². The summed E-state index contributed by atoms with van der Waals surface area (Å²) in [6, 6.07) is 20.3. The smallest absolute Gasteiger partial charge is 0.246 e. The van der Waals surface area contributed by atoms with Crippen LogP contribution in [0.2, 0.25) is 0 Å². The van der Waals surface area contributed by atoms with Gasteiger partial charge in [-0.3, -0.25) is 19.3 Å². The third-order valence-electron chi connectivity index (χ3n) is 13.4. The van der Waals surface area contributed by atoms with Crippen LogP contribution in [0.1, 0.15) is 107 Å². The number of fused-ring (bicyclic) bond motifs is 2. The second-order valence-electron chi connectivity index (χ2n) is 20.6. The highest BCUT2D eigenvalue weighted by Crippen LogP contribution is 2.50. The molecule has 71 heavy (non-hydrogen) atoms. The van der Waals surface area contributed by atoms with E-state index in [1.165, 1.54) is 30.9 Å². The van der Waals surface area contributed by atoms with Gasteiger partial charge in [0.05, 0.1) is 40.5 Å². The van der Waals surface area contributed by atoms with Crippen molar-refractivity contribution < 1.29 is 42.1 Å². The van der Waals surface area contributed by atoms with Crippen molar-refractivity contribution in [1.82, 2.24) is 30.4 Å². The number of likely N-dealkylation sites (tertiary alicyclic amines) is 1. The van der Waals surface area contributed by atoms with Crippen molar-refractivity contribution in [2.75, 3.05) is 19.7 Å². The minimum atomic E-state index is -1.60. The fourth-order valence-corrected chi connectivity index (χ4v) is 10.8. The molecule has 3 amide bonds. The zero-order chi connectivity index (χ0) is 50.8. The number of hydrogen-bond acceptors (Lipinski definition) is 10. The van der Waals surface area contributed by atoms with Gasteiger partial charge in [-0.15, -0.1) is 11.3 Å². The number of pyridine rings is 1. The molecule has 8 rings (SSSR count). The molecule has 2 aliphatic heterocycles. The number of carbonyl (C=O) groups excluding carboxylic acids is 3. The zero-order valence-corrected chi connectivity index (χ0v) is 42.2. The van der Waals surface area contributed by atoms with Crippen LogP contribution in [0, 0.1) is 24.0 Å². The highest BCUT2D eigenvalue weighted by atomic mass is 32.1. The normalized spacial score (nSPS) is 19.6. The van der Waals surface area contributed by atoms with E-state index in [1.54, 1.807) is 35.0 Å². The van der Waals surface area contributed by atoms with Crippen LogP contribution in [0.5, 0.6) is 11.6 Å². The maximum Gasteiger partial charge on any atom is 0.246 e. The summed E-state index contributed by atoms with van der Waals surface area (Å²) >= 11 is 1.56. The van der Waals surface area contributed by atoms with E-state index in [9.17, 15) is 19.5 Å². The van der Waals surface area contributed by atoms with Crippen molar-refractivity contribution in [2.24, 2.45) is 5.41 Å². The van der Waals surface area contributed by atoms with Crippen LogP contribution < -0.4 is 20.1 Å². The van der Waals surface area contributed by atoms with Gasteiger partial charge in [0.15, 0.2) is 0 Å². The standard InChI is InChI=1S/C55H63F3N6O6S/c1-32-22-41-40-14-9-8-12-36(40)23-42(41)49(64(32)30-55(6,7)58)48-43(56)25-39(26-44(48)57)70-29-37-13-10-16-47(61-37)69-21-11-15-46(66)62-51(54(3,4)5)53(68)63-28-38(65)24-45(63)52(67)59-27-34-17-19-35(20-18-34)50-33(2)60-31-71-50/h8-10,12-14,16-20,25-26,31-32,38,45,49,51,65H,11,15,21-24,27-30H2,1-7H3,(H,59,67)(H,62,66)/t32-,38-,45+,49+,51-/m1/s1. The van der Waals surface area contributed by atoms with E-state index < -0.39 is 52.9 Å². The number of nitrogens with one attached hydrogen (secondary N) is 2. The molecule has 0 bridgehead atoms. The molecule has 3 aliphatic rings. The number of carbonyl (C=O) groups is 3. The van der Waals surface area contributed by atoms with Crippen LogP contribution in [-0.2, 0) is 34.0 Å². The molecule has 0 radical (unpaired) electrons. The lowest BCUT2D eigenvalue weighted by Crippen LogP contribution is -2.57. The molecular formula is C55H63F3N6O6S. The van der Waals surface area contributed by atoms with Gasteiger partial charge >= 0.3 is 0 Å². The van der Waals surface area contributed by atoms with Gasteiger partial charge in [0, 0.05) is 62.3 Å².